The van der Waals surface area contributed by atoms with Crippen molar-refractivity contribution < 1.29 is 14.0 Å². The first-order chi connectivity index (χ1) is 9.61. The maximum Gasteiger partial charge on any atom is 0.189 e. The van der Waals surface area contributed by atoms with E-state index in [1.54, 1.807) is 12.1 Å². The molecule has 7 heteroatoms. The van der Waals surface area contributed by atoms with Gasteiger partial charge in [-0.25, -0.2) is 8.78 Å². The Labute approximate surface area is 113 Å². The molecule has 0 bridgehead atoms. The molecule has 0 aliphatic heterocycles. The molecule has 0 atom stereocenters. The van der Waals surface area contributed by atoms with Crippen LogP contribution in [0.3, 0.4) is 0 Å². The molecule has 1 aromatic carbocycles. The Bertz CT molecular complexity index is 646. The molecule has 1 aromatic heterocycles. The van der Waals surface area contributed by atoms with E-state index in [4.69, 9.17) is 10.9 Å². The van der Waals surface area contributed by atoms with Gasteiger partial charge >= 0.3 is 0 Å². The number of aromatic nitrogens is 1. The largest absolute Gasteiger partial charge is 0.409 e. The molecule has 0 saturated heterocycles. The summed E-state index contributed by atoms with van der Waals surface area (Å²) in [5.41, 5.74) is 6.39. The average Bonchev–Trinajstić information content (AvgIpc) is 2.47. The van der Waals surface area contributed by atoms with E-state index >= 15 is 0 Å². The molecule has 4 N–H and O–H groups in total. The second kappa shape index (κ2) is 5.96. The van der Waals surface area contributed by atoms with Crippen molar-refractivity contribution in [2.24, 2.45) is 10.9 Å². The summed E-state index contributed by atoms with van der Waals surface area (Å²) in [6.07, 6.45) is 1.49. The molecule has 0 unspecified atom stereocenters. The third-order valence-corrected chi connectivity index (χ3v) is 2.64. The summed E-state index contributed by atoms with van der Waals surface area (Å²) in [5, 5.41) is 14.3. The molecule has 20 heavy (non-hydrogen) atoms. The number of nitrogens with zero attached hydrogens (tertiary/aromatic N) is 2. The summed E-state index contributed by atoms with van der Waals surface area (Å²) in [4.78, 5) is 3.98. The lowest BCUT2D eigenvalue weighted by Crippen LogP contribution is -2.18. The van der Waals surface area contributed by atoms with E-state index in [-0.39, 0.29) is 23.8 Å². The van der Waals surface area contributed by atoms with Crippen LogP contribution in [0.15, 0.2) is 41.7 Å². The Balaban J connectivity index is 2.21. The zero-order valence-electron chi connectivity index (χ0n) is 10.3. The van der Waals surface area contributed by atoms with Crippen LogP contribution in [0.5, 0.6) is 0 Å². The molecule has 0 amide bonds. The topological polar surface area (TPSA) is 83.5 Å². The van der Waals surface area contributed by atoms with E-state index in [1.807, 2.05) is 0 Å². The maximum absolute atomic E-state index is 13.5. The van der Waals surface area contributed by atoms with Crippen LogP contribution >= 0.6 is 0 Å². The van der Waals surface area contributed by atoms with Gasteiger partial charge in [0.2, 0.25) is 0 Å². The van der Waals surface area contributed by atoms with Crippen LogP contribution in [-0.2, 0) is 6.54 Å². The van der Waals surface area contributed by atoms with Crippen molar-refractivity contribution >= 4 is 11.5 Å². The molecular weight excluding hydrogens is 266 g/mol. The maximum atomic E-state index is 13.5. The first kappa shape index (κ1) is 13.7. The highest BCUT2D eigenvalue weighted by Gasteiger charge is 2.09. The number of halogens is 2. The molecule has 2 rings (SSSR count). The van der Waals surface area contributed by atoms with Gasteiger partial charge in [-0.05, 0) is 24.3 Å². The highest BCUT2D eigenvalue weighted by Crippen LogP contribution is 2.17. The fourth-order valence-corrected chi connectivity index (χ4v) is 1.68. The highest BCUT2D eigenvalue weighted by molar-refractivity contribution is 5.96. The Morgan fingerprint density at radius 2 is 2.15 bits per heavy atom. The predicted molar refractivity (Wildman–Crippen MR) is 70.4 cm³/mol. The number of benzene rings is 1. The molecule has 2 aromatic rings. The van der Waals surface area contributed by atoms with Crippen LogP contribution in [0.4, 0.5) is 14.5 Å². The van der Waals surface area contributed by atoms with Gasteiger partial charge in [0, 0.05) is 18.3 Å². The monoisotopic (exact) mass is 278 g/mol. The summed E-state index contributed by atoms with van der Waals surface area (Å²) >= 11 is 0. The second-order valence-electron chi connectivity index (χ2n) is 3.97. The van der Waals surface area contributed by atoms with E-state index in [0.717, 1.165) is 18.2 Å². The lowest BCUT2D eigenvalue weighted by Gasteiger charge is -2.10. The van der Waals surface area contributed by atoms with Crippen LogP contribution in [0.1, 0.15) is 11.3 Å². The molecule has 0 aliphatic carbocycles. The van der Waals surface area contributed by atoms with E-state index in [9.17, 15) is 8.78 Å². The van der Waals surface area contributed by atoms with Crippen LogP contribution in [-0.4, -0.2) is 16.0 Å². The molecule has 0 fully saturated rings. The number of nitrogens with one attached hydrogen (secondary N) is 1. The van der Waals surface area contributed by atoms with Gasteiger partial charge in [0.1, 0.15) is 17.3 Å². The predicted octanol–water partition coefficient (Wildman–Crippen LogP) is 2.07. The lowest BCUT2D eigenvalue weighted by molar-refractivity contribution is 0.318. The minimum atomic E-state index is -0.569. The lowest BCUT2D eigenvalue weighted by atomic mass is 10.1. The summed E-state index contributed by atoms with van der Waals surface area (Å²) in [5.74, 6) is -1.26. The Kier molecular flexibility index (Phi) is 4.09. The first-order valence-corrected chi connectivity index (χ1v) is 5.72. The summed E-state index contributed by atoms with van der Waals surface area (Å²) in [7, 11) is 0. The van der Waals surface area contributed by atoms with E-state index < -0.39 is 11.6 Å². The van der Waals surface area contributed by atoms with Gasteiger partial charge in [-0.15, -0.1) is 0 Å². The second-order valence-corrected chi connectivity index (χ2v) is 3.97. The quantitative estimate of drug-likeness (QED) is 0.346. The zero-order chi connectivity index (χ0) is 14.5. The van der Waals surface area contributed by atoms with Crippen molar-refractivity contribution in [3.8, 4) is 0 Å². The summed E-state index contributed by atoms with van der Waals surface area (Å²) in [6, 6.07) is 6.46. The number of oxime groups is 1. The van der Waals surface area contributed by atoms with Gasteiger partial charge in [0.05, 0.1) is 5.69 Å². The first-order valence-electron chi connectivity index (χ1n) is 5.72. The van der Waals surface area contributed by atoms with E-state index in [1.165, 1.54) is 6.20 Å². The van der Waals surface area contributed by atoms with Gasteiger partial charge in [0.25, 0.3) is 0 Å². The number of pyridine rings is 1. The molecular formula is C13H12F2N4O. The Morgan fingerprint density at radius 3 is 2.90 bits per heavy atom. The number of anilines is 1. The number of hydrogen-bond donors (Lipinski definition) is 3. The average molecular weight is 278 g/mol. The van der Waals surface area contributed by atoms with Gasteiger partial charge in [0.15, 0.2) is 5.84 Å². The number of nitrogens with two attached hydrogens (primary N) is 1. The normalized spacial score (nSPS) is 11.4. The fourth-order valence-electron chi connectivity index (χ4n) is 1.68. The minimum Gasteiger partial charge on any atom is -0.409 e. The summed E-state index contributed by atoms with van der Waals surface area (Å²) < 4.78 is 26.5. The van der Waals surface area contributed by atoms with Crippen molar-refractivity contribution in [1.82, 2.24) is 4.98 Å². The highest BCUT2D eigenvalue weighted by atomic mass is 19.1. The third kappa shape index (κ3) is 3.00. The number of hydrogen-bond acceptors (Lipinski definition) is 4. The molecule has 5 nitrogen and oxygen atoms in total. The molecule has 1 heterocycles. The Morgan fingerprint density at radius 1 is 1.35 bits per heavy atom. The molecule has 0 radical (unpaired) electrons. The van der Waals surface area contributed by atoms with Crippen molar-refractivity contribution in [3.05, 3.63) is 59.4 Å². The smallest absolute Gasteiger partial charge is 0.189 e. The van der Waals surface area contributed by atoms with Crippen LogP contribution in [0.25, 0.3) is 0 Å². The van der Waals surface area contributed by atoms with Crippen molar-refractivity contribution in [1.29, 1.82) is 0 Å². The molecule has 0 saturated carbocycles. The van der Waals surface area contributed by atoms with Gasteiger partial charge < -0.3 is 16.3 Å². The third-order valence-electron chi connectivity index (χ3n) is 2.64. The van der Waals surface area contributed by atoms with Crippen molar-refractivity contribution in [3.63, 3.8) is 0 Å². The summed E-state index contributed by atoms with van der Waals surface area (Å²) in [6.45, 7) is 0.153. The zero-order valence-corrected chi connectivity index (χ0v) is 10.3. The van der Waals surface area contributed by atoms with Crippen molar-refractivity contribution in [2.75, 3.05) is 5.32 Å². The van der Waals surface area contributed by atoms with Gasteiger partial charge in [-0.2, -0.15) is 0 Å². The SMILES string of the molecule is NC(=NO)c1ncccc1CNc1cc(F)ccc1F. The van der Waals surface area contributed by atoms with Crippen LogP contribution in [0, 0.1) is 11.6 Å². The number of amidine groups is 1. The van der Waals surface area contributed by atoms with Crippen molar-refractivity contribution in [2.45, 2.75) is 6.54 Å². The standard InChI is InChI=1S/C13H12F2N4O/c14-9-3-4-10(15)11(6-9)18-7-8-2-1-5-17-12(8)13(16)19-20/h1-6,18,20H,7H2,(H2,16,19). The van der Waals surface area contributed by atoms with Gasteiger partial charge in [-0.3, -0.25) is 4.98 Å². The molecule has 0 aliphatic rings. The fraction of sp³-hybridized carbons (Fsp3) is 0.0769. The minimum absolute atomic E-state index is 0.0271. The van der Waals surface area contributed by atoms with E-state index in [0.29, 0.717) is 5.56 Å². The Hall–Kier alpha value is -2.70. The van der Waals surface area contributed by atoms with E-state index in [2.05, 4.69) is 15.5 Å². The van der Waals surface area contributed by atoms with Crippen LogP contribution < -0.4 is 11.1 Å². The van der Waals surface area contributed by atoms with Crippen LogP contribution in [0.2, 0.25) is 0 Å². The molecule has 104 valence electrons. The van der Waals surface area contributed by atoms with Gasteiger partial charge in [-0.1, -0.05) is 11.2 Å². The molecule has 0 spiro atoms. The number of rotatable bonds is 4.